The standard InChI is InChI=1S/C17H12F5N5O3/c1-8-5-10(27(29)30)3-4-11(8)24-15(28)12-7-14-23-9(2)6-13(26(14)25-12)16(18,19)17(20,21)22/h3-7H,1-2H3,(H,24,28). The molecule has 0 unspecified atom stereocenters. The predicted molar refractivity (Wildman–Crippen MR) is 93.5 cm³/mol. The molecule has 0 saturated heterocycles. The summed E-state index contributed by atoms with van der Waals surface area (Å²) in [6.45, 7) is 2.71. The van der Waals surface area contributed by atoms with Crippen molar-refractivity contribution in [3.8, 4) is 0 Å². The largest absolute Gasteiger partial charge is 0.459 e. The second-order valence-corrected chi connectivity index (χ2v) is 6.36. The summed E-state index contributed by atoms with van der Waals surface area (Å²) in [5.41, 5.74) is -2.16. The smallest absolute Gasteiger partial charge is 0.320 e. The van der Waals surface area contributed by atoms with Crippen molar-refractivity contribution in [2.75, 3.05) is 5.32 Å². The van der Waals surface area contributed by atoms with Crippen LogP contribution in [0.5, 0.6) is 0 Å². The fraction of sp³-hybridized carbons (Fsp3) is 0.235. The average molecular weight is 429 g/mol. The van der Waals surface area contributed by atoms with Crippen LogP contribution >= 0.6 is 0 Å². The Hall–Kier alpha value is -3.64. The zero-order chi connectivity index (χ0) is 22.4. The molecule has 0 aliphatic carbocycles. The van der Waals surface area contributed by atoms with E-state index in [0.717, 1.165) is 12.1 Å². The lowest BCUT2D eigenvalue weighted by molar-refractivity contribution is -0.384. The maximum atomic E-state index is 13.9. The highest BCUT2D eigenvalue weighted by Gasteiger charge is 2.60. The maximum Gasteiger partial charge on any atom is 0.459 e. The number of hydrogen-bond acceptors (Lipinski definition) is 5. The molecular formula is C17H12F5N5O3. The van der Waals surface area contributed by atoms with Gasteiger partial charge in [0.1, 0.15) is 5.69 Å². The number of nitro benzene ring substituents is 1. The third-order valence-electron chi connectivity index (χ3n) is 4.13. The number of carbonyl (C=O) groups is 1. The van der Waals surface area contributed by atoms with Crippen LogP contribution in [0, 0.1) is 24.0 Å². The number of halogens is 5. The lowest BCUT2D eigenvalue weighted by atomic mass is 10.1. The van der Waals surface area contributed by atoms with E-state index >= 15 is 0 Å². The Balaban J connectivity index is 2.01. The first kappa shape index (κ1) is 21.1. The van der Waals surface area contributed by atoms with Gasteiger partial charge in [0.2, 0.25) is 0 Å². The van der Waals surface area contributed by atoms with E-state index in [1.165, 1.54) is 26.0 Å². The zero-order valence-electron chi connectivity index (χ0n) is 15.3. The lowest BCUT2D eigenvalue weighted by Crippen LogP contribution is -2.36. The molecule has 0 fully saturated rings. The van der Waals surface area contributed by atoms with Crippen molar-refractivity contribution in [3.05, 3.63) is 63.1 Å². The number of alkyl halides is 5. The summed E-state index contributed by atoms with van der Waals surface area (Å²) in [4.78, 5) is 26.4. The Morgan fingerprint density at radius 2 is 1.80 bits per heavy atom. The number of benzene rings is 1. The molecular weight excluding hydrogens is 417 g/mol. The zero-order valence-corrected chi connectivity index (χ0v) is 15.3. The molecule has 0 radical (unpaired) electrons. The Bertz CT molecular complexity index is 1170. The summed E-state index contributed by atoms with van der Waals surface area (Å²) < 4.78 is 66.6. The normalized spacial score (nSPS) is 12.2. The van der Waals surface area contributed by atoms with Crippen LogP contribution in [0.1, 0.15) is 27.4 Å². The second kappa shape index (κ2) is 7.00. The molecule has 0 bridgehead atoms. The molecule has 1 aromatic carbocycles. The first-order valence-corrected chi connectivity index (χ1v) is 8.20. The van der Waals surface area contributed by atoms with Gasteiger partial charge in [-0.1, -0.05) is 0 Å². The van der Waals surface area contributed by atoms with E-state index in [-0.39, 0.29) is 27.2 Å². The van der Waals surface area contributed by atoms with Crippen molar-refractivity contribution >= 4 is 22.9 Å². The average Bonchev–Trinajstić information content (AvgIpc) is 3.05. The SMILES string of the molecule is Cc1cc(C(F)(F)C(F)(F)F)n2nc(C(=O)Nc3ccc([N+](=O)[O-])cc3C)cc2n1. The van der Waals surface area contributed by atoms with E-state index in [0.29, 0.717) is 11.6 Å². The van der Waals surface area contributed by atoms with Crippen molar-refractivity contribution in [2.24, 2.45) is 0 Å². The summed E-state index contributed by atoms with van der Waals surface area (Å²) >= 11 is 0. The highest BCUT2D eigenvalue weighted by atomic mass is 19.4. The van der Waals surface area contributed by atoms with Crippen molar-refractivity contribution < 1.29 is 31.7 Å². The molecule has 3 rings (SSSR count). The number of anilines is 1. The Labute approximate surface area is 164 Å². The number of aryl methyl sites for hydroxylation is 2. The van der Waals surface area contributed by atoms with Crippen molar-refractivity contribution in [1.82, 2.24) is 14.6 Å². The van der Waals surface area contributed by atoms with Gasteiger partial charge in [-0.3, -0.25) is 14.9 Å². The van der Waals surface area contributed by atoms with Gasteiger partial charge in [-0.15, -0.1) is 0 Å². The Kier molecular flexibility index (Phi) is 4.92. The van der Waals surface area contributed by atoms with Gasteiger partial charge in [0.15, 0.2) is 11.3 Å². The van der Waals surface area contributed by atoms with Crippen molar-refractivity contribution in [2.45, 2.75) is 25.9 Å². The fourth-order valence-corrected chi connectivity index (χ4v) is 2.67. The lowest BCUT2D eigenvalue weighted by Gasteiger charge is -2.20. The van der Waals surface area contributed by atoms with Gasteiger partial charge in [0.25, 0.3) is 11.6 Å². The van der Waals surface area contributed by atoms with Gasteiger partial charge in [0.05, 0.1) is 4.92 Å². The van der Waals surface area contributed by atoms with E-state index in [1.54, 1.807) is 0 Å². The number of fused-ring (bicyclic) bond motifs is 1. The molecule has 1 N–H and O–H groups in total. The fourth-order valence-electron chi connectivity index (χ4n) is 2.67. The van der Waals surface area contributed by atoms with E-state index in [4.69, 9.17) is 0 Å². The van der Waals surface area contributed by atoms with Crippen LogP contribution in [-0.2, 0) is 5.92 Å². The van der Waals surface area contributed by atoms with Gasteiger partial charge in [-0.2, -0.15) is 27.1 Å². The number of amides is 1. The molecule has 158 valence electrons. The molecule has 30 heavy (non-hydrogen) atoms. The summed E-state index contributed by atoms with van der Waals surface area (Å²) in [5.74, 6) is -6.15. The Morgan fingerprint density at radius 3 is 2.37 bits per heavy atom. The van der Waals surface area contributed by atoms with Crippen LogP contribution in [0.25, 0.3) is 5.65 Å². The molecule has 2 heterocycles. The minimum absolute atomic E-state index is 0.125. The molecule has 0 spiro atoms. The maximum absolute atomic E-state index is 13.9. The number of hydrogen-bond donors (Lipinski definition) is 1. The highest BCUT2D eigenvalue weighted by molar-refractivity contribution is 6.04. The number of aromatic nitrogens is 3. The summed E-state index contributed by atoms with van der Waals surface area (Å²) in [7, 11) is 0. The van der Waals surface area contributed by atoms with E-state index in [2.05, 4.69) is 15.4 Å². The van der Waals surface area contributed by atoms with Gasteiger partial charge in [-0.05, 0) is 31.5 Å². The number of rotatable bonds is 4. The van der Waals surface area contributed by atoms with Crippen LogP contribution in [-0.4, -0.2) is 31.6 Å². The number of carbonyl (C=O) groups excluding carboxylic acids is 1. The third kappa shape index (κ3) is 3.65. The minimum Gasteiger partial charge on any atom is -0.320 e. The predicted octanol–water partition coefficient (Wildman–Crippen LogP) is 4.16. The van der Waals surface area contributed by atoms with E-state index in [1.807, 2.05) is 0 Å². The number of nitrogens with zero attached hydrogens (tertiary/aromatic N) is 4. The van der Waals surface area contributed by atoms with E-state index < -0.39 is 34.3 Å². The second-order valence-electron chi connectivity index (χ2n) is 6.36. The summed E-state index contributed by atoms with van der Waals surface area (Å²) in [6, 6.07) is 5.09. The Morgan fingerprint density at radius 1 is 1.13 bits per heavy atom. The van der Waals surface area contributed by atoms with Gasteiger partial charge in [0, 0.05) is 29.6 Å². The molecule has 13 heteroatoms. The van der Waals surface area contributed by atoms with Gasteiger partial charge in [-0.25, -0.2) is 9.50 Å². The monoisotopic (exact) mass is 429 g/mol. The minimum atomic E-state index is -5.88. The van der Waals surface area contributed by atoms with Crippen LogP contribution in [0.3, 0.4) is 0 Å². The van der Waals surface area contributed by atoms with Crippen molar-refractivity contribution in [1.29, 1.82) is 0 Å². The van der Waals surface area contributed by atoms with Crippen LogP contribution in [0.15, 0.2) is 30.3 Å². The van der Waals surface area contributed by atoms with Crippen LogP contribution < -0.4 is 5.32 Å². The van der Waals surface area contributed by atoms with Gasteiger partial charge >= 0.3 is 12.1 Å². The number of non-ortho nitro benzene ring substituents is 1. The van der Waals surface area contributed by atoms with Gasteiger partial charge < -0.3 is 5.32 Å². The molecule has 2 aromatic heterocycles. The number of nitrogens with one attached hydrogen (secondary N) is 1. The highest BCUT2D eigenvalue weighted by Crippen LogP contribution is 2.43. The third-order valence-corrected chi connectivity index (χ3v) is 4.13. The first-order valence-electron chi connectivity index (χ1n) is 8.20. The number of nitro groups is 1. The molecule has 0 aliphatic rings. The van der Waals surface area contributed by atoms with E-state index in [9.17, 15) is 36.9 Å². The van der Waals surface area contributed by atoms with Crippen LogP contribution in [0.4, 0.5) is 33.3 Å². The molecule has 0 atom stereocenters. The molecule has 0 aliphatic heterocycles. The molecule has 0 saturated carbocycles. The molecule has 1 amide bonds. The quantitative estimate of drug-likeness (QED) is 0.381. The first-order chi connectivity index (χ1) is 13.8. The summed E-state index contributed by atoms with van der Waals surface area (Å²) in [6.07, 6.45) is -5.88. The molecule has 3 aromatic rings. The topological polar surface area (TPSA) is 102 Å². The molecule has 8 nitrogen and oxygen atoms in total. The van der Waals surface area contributed by atoms with Crippen LogP contribution in [0.2, 0.25) is 0 Å². The van der Waals surface area contributed by atoms with Crippen molar-refractivity contribution in [3.63, 3.8) is 0 Å². The summed E-state index contributed by atoms with van der Waals surface area (Å²) in [5, 5.41) is 16.7.